The van der Waals surface area contributed by atoms with Gasteiger partial charge >= 0.3 is 6.18 Å². The minimum Gasteiger partial charge on any atom is -0.171 e. The van der Waals surface area contributed by atoms with Crippen LogP contribution in [-0.4, -0.2) is 6.18 Å². The first kappa shape index (κ1) is 20.7. The maximum atomic E-state index is 11.8. The summed E-state index contributed by atoms with van der Waals surface area (Å²) in [6.07, 6.45) is 3.27. The summed E-state index contributed by atoms with van der Waals surface area (Å²) in [6.45, 7) is 0. The summed E-state index contributed by atoms with van der Waals surface area (Å²) >= 11 is 3.15. The van der Waals surface area contributed by atoms with Crippen molar-refractivity contribution in [3.05, 3.63) is 11.1 Å². The van der Waals surface area contributed by atoms with Crippen LogP contribution in [0.4, 0.5) is 13.2 Å². The van der Waals surface area contributed by atoms with Gasteiger partial charge in [0.15, 0.2) is 0 Å². The quantitative estimate of drug-likeness (QED) is 0.381. The van der Waals surface area contributed by atoms with Gasteiger partial charge in [-0.3, -0.25) is 0 Å². The summed E-state index contributed by atoms with van der Waals surface area (Å²) in [6, 6.07) is 0. The topological polar surface area (TPSA) is 0 Å². The Kier molecular flexibility index (Phi) is 13.7. The van der Waals surface area contributed by atoms with Gasteiger partial charge < -0.3 is 0 Å². The molecule has 0 aliphatic carbocycles. The second-order valence-corrected chi connectivity index (χ2v) is 5.13. The largest absolute Gasteiger partial charge is 0.389 e. The number of allylic oxidation sites excluding steroid dienone is 1. The Morgan fingerprint density at radius 1 is 0.773 bits per heavy atom. The van der Waals surface area contributed by atoms with Crippen LogP contribution >= 0.6 is 15.9 Å². The minimum atomic E-state index is -4.08. The highest BCUT2D eigenvalue weighted by Gasteiger charge is 2.25. The molecule has 0 amide bonds. The number of rotatable bonds is 7. The van der Waals surface area contributed by atoms with Crippen LogP contribution in [0.15, 0.2) is 11.1 Å². The Morgan fingerprint density at radius 2 is 1.32 bits per heavy atom. The molecule has 0 aromatic heterocycles. The van der Waals surface area contributed by atoms with Crippen molar-refractivity contribution in [3.8, 4) is 35.5 Å². The molecule has 0 saturated heterocycles. The smallest absolute Gasteiger partial charge is 0.171 e. The minimum absolute atomic E-state index is 0.0481. The Labute approximate surface area is 140 Å². The normalized spacial score (nSPS) is 10.2. The highest BCUT2D eigenvalue weighted by Crippen LogP contribution is 2.21. The first-order chi connectivity index (χ1) is 10.6. The molecule has 120 valence electrons. The molecular weight excluding hydrogens is 353 g/mol. The van der Waals surface area contributed by atoms with Gasteiger partial charge in [0, 0.05) is 25.7 Å². The van der Waals surface area contributed by atoms with Crippen LogP contribution in [0.2, 0.25) is 0 Å². The predicted molar refractivity (Wildman–Crippen MR) is 89.0 cm³/mol. The third-order valence-electron chi connectivity index (χ3n) is 2.60. The van der Waals surface area contributed by atoms with Crippen molar-refractivity contribution >= 4 is 15.9 Å². The van der Waals surface area contributed by atoms with Gasteiger partial charge in [-0.25, -0.2) is 0 Å². The van der Waals surface area contributed by atoms with E-state index in [1.54, 1.807) is 11.1 Å². The summed E-state index contributed by atoms with van der Waals surface area (Å²) in [7, 11) is 0. The van der Waals surface area contributed by atoms with Gasteiger partial charge in [-0.15, -0.1) is 0 Å². The summed E-state index contributed by atoms with van der Waals surface area (Å²) in [5.41, 5.74) is 0. The van der Waals surface area contributed by atoms with Gasteiger partial charge in [-0.1, -0.05) is 52.5 Å². The molecule has 22 heavy (non-hydrogen) atoms. The van der Waals surface area contributed by atoms with Gasteiger partial charge in [0.05, 0.1) is 0 Å². The molecule has 0 spiro atoms. The van der Waals surface area contributed by atoms with Crippen molar-refractivity contribution in [2.45, 2.75) is 64.0 Å². The number of unbranched alkanes of at least 4 members (excludes halogenated alkanes) is 6. The summed E-state index contributed by atoms with van der Waals surface area (Å²) < 4.78 is 35.5. The number of alkyl halides is 3. The molecule has 0 aliphatic rings. The third kappa shape index (κ3) is 18.7. The van der Waals surface area contributed by atoms with E-state index in [2.05, 4.69) is 51.5 Å². The van der Waals surface area contributed by atoms with E-state index in [1.165, 1.54) is 0 Å². The zero-order valence-corrected chi connectivity index (χ0v) is 14.1. The van der Waals surface area contributed by atoms with E-state index in [-0.39, 0.29) is 12.8 Å². The molecule has 0 radical (unpaired) electrons. The number of halogens is 4. The van der Waals surface area contributed by atoms with Crippen molar-refractivity contribution in [3.63, 3.8) is 0 Å². The molecule has 0 bridgehead atoms. The van der Waals surface area contributed by atoms with Crippen molar-refractivity contribution in [1.29, 1.82) is 0 Å². The maximum absolute atomic E-state index is 11.8. The lowest BCUT2D eigenvalue weighted by Gasteiger charge is -2.02. The van der Waals surface area contributed by atoms with Crippen LogP contribution in [0.25, 0.3) is 0 Å². The Balaban J connectivity index is 3.45. The highest BCUT2D eigenvalue weighted by molar-refractivity contribution is 9.11. The molecule has 4 heteroatoms. The van der Waals surface area contributed by atoms with Crippen molar-refractivity contribution < 1.29 is 13.2 Å². The van der Waals surface area contributed by atoms with Gasteiger partial charge in [0.25, 0.3) is 0 Å². The number of hydrogen-bond donors (Lipinski definition) is 0. The molecule has 0 saturated carbocycles. The molecule has 0 fully saturated rings. The third-order valence-corrected chi connectivity index (χ3v) is 2.87. The number of hydrogen-bond acceptors (Lipinski definition) is 0. The molecule has 0 aromatic rings. The maximum Gasteiger partial charge on any atom is 0.389 e. The van der Waals surface area contributed by atoms with Crippen LogP contribution < -0.4 is 0 Å². The summed E-state index contributed by atoms with van der Waals surface area (Å²) in [4.78, 5) is 1.73. The SMILES string of the molecule is FC(F)(F)CCCC#CC#CCCCCCCC#C/C=C/Br. The fourth-order valence-corrected chi connectivity index (χ4v) is 1.67. The average molecular weight is 373 g/mol. The molecule has 0 atom stereocenters. The lowest BCUT2D eigenvalue weighted by molar-refractivity contribution is -0.135. The van der Waals surface area contributed by atoms with Gasteiger partial charge in [-0.2, -0.15) is 13.2 Å². The first-order valence-electron chi connectivity index (χ1n) is 7.32. The van der Waals surface area contributed by atoms with Gasteiger partial charge in [0.2, 0.25) is 0 Å². The predicted octanol–water partition coefficient (Wildman–Crippen LogP) is 5.98. The van der Waals surface area contributed by atoms with Crippen LogP contribution in [0.5, 0.6) is 0 Å². The van der Waals surface area contributed by atoms with Crippen molar-refractivity contribution in [2.24, 2.45) is 0 Å². The summed E-state index contributed by atoms with van der Waals surface area (Å²) in [5.74, 6) is 16.8. The molecule has 0 nitrogen and oxygen atoms in total. The molecule has 0 heterocycles. The van der Waals surface area contributed by atoms with Crippen LogP contribution in [0.1, 0.15) is 57.8 Å². The van der Waals surface area contributed by atoms with Crippen LogP contribution in [0.3, 0.4) is 0 Å². The molecule has 0 N–H and O–H groups in total. The van der Waals surface area contributed by atoms with Gasteiger partial charge in [0.1, 0.15) is 0 Å². The molecular formula is C18H20BrF3. The molecule has 0 aromatic carbocycles. The van der Waals surface area contributed by atoms with Crippen molar-refractivity contribution in [2.75, 3.05) is 0 Å². The van der Waals surface area contributed by atoms with E-state index in [0.717, 1.165) is 38.5 Å². The van der Waals surface area contributed by atoms with Crippen molar-refractivity contribution in [1.82, 2.24) is 0 Å². The van der Waals surface area contributed by atoms with E-state index in [4.69, 9.17) is 0 Å². The molecule has 0 unspecified atom stereocenters. The lowest BCUT2D eigenvalue weighted by atomic mass is 10.1. The van der Waals surface area contributed by atoms with Gasteiger partial charge in [-0.05, 0) is 42.2 Å². The van der Waals surface area contributed by atoms with E-state index >= 15 is 0 Å². The zero-order valence-electron chi connectivity index (χ0n) is 12.5. The fourth-order valence-electron chi connectivity index (χ4n) is 1.53. The second kappa shape index (κ2) is 14.6. The Bertz CT molecular complexity index is 484. The van der Waals surface area contributed by atoms with E-state index in [1.807, 2.05) is 0 Å². The zero-order chi connectivity index (χ0) is 16.5. The average Bonchev–Trinajstić information content (AvgIpc) is 2.45. The van der Waals surface area contributed by atoms with E-state index in [9.17, 15) is 13.2 Å². The Morgan fingerprint density at radius 3 is 1.86 bits per heavy atom. The van der Waals surface area contributed by atoms with E-state index in [0.29, 0.717) is 0 Å². The van der Waals surface area contributed by atoms with Crippen LogP contribution in [0, 0.1) is 35.5 Å². The molecule has 0 rings (SSSR count). The summed E-state index contributed by atoms with van der Waals surface area (Å²) in [5, 5.41) is 0. The highest BCUT2D eigenvalue weighted by atomic mass is 79.9. The Hall–Kier alpha value is -1.31. The van der Waals surface area contributed by atoms with E-state index < -0.39 is 12.6 Å². The monoisotopic (exact) mass is 372 g/mol. The first-order valence-corrected chi connectivity index (χ1v) is 8.24. The lowest BCUT2D eigenvalue weighted by Crippen LogP contribution is -2.05. The molecule has 0 aliphatic heterocycles. The fraction of sp³-hybridized carbons (Fsp3) is 0.556. The standard InChI is InChI=1S/C18H20BrF3/c19-17-15-13-11-9-7-5-3-1-2-4-6-8-10-12-14-16-18(20,21)22/h15,17H,1-3,5,7,9,12,14,16H2/b17-15+. The van der Waals surface area contributed by atoms with Crippen LogP contribution in [-0.2, 0) is 0 Å². The second-order valence-electron chi connectivity index (χ2n) is 4.60.